The van der Waals surface area contributed by atoms with Crippen LogP contribution in [0.1, 0.15) is 12.0 Å². The predicted octanol–water partition coefficient (Wildman–Crippen LogP) is 2.89. The van der Waals surface area contributed by atoms with Gasteiger partial charge < -0.3 is 14.6 Å². The number of rotatable bonds is 5. The monoisotopic (exact) mass is 413 g/mol. The highest BCUT2D eigenvalue weighted by molar-refractivity contribution is 5.90. The maximum Gasteiger partial charge on any atom is 0.141 e. The average Bonchev–Trinajstić information content (AvgIpc) is 3.32. The first kappa shape index (κ1) is 18.3. The Kier molecular flexibility index (Phi) is 4.31. The zero-order valence-electron chi connectivity index (χ0n) is 17.3. The SMILES string of the molecule is COc1cncc(CN2C3CC2CN(c2ccc(-c4ncnc5[nH]ccc45)cn2)C3)c1. The molecule has 8 nitrogen and oxygen atoms in total. The molecular formula is C23H23N7O. The van der Waals surface area contributed by atoms with Crippen LogP contribution in [0.25, 0.3) is 22.3 Å². The van der Waals surface area contributed by atoms with Crippen molar-refractivity contribution in [3.05, 3.63) is 60.9 Å². The second-order valence-corrected chi connectivity index (χ2v) is 8.22. The van der Waals surface area contributed by atoms with Gasteiger partial charge in [0.15, 0.2) is 0 Å². The lowest BCUT2D eigenvalue weighted by atomic mass is 9.87. The summed E-state index contributed by atoms with van der Waals surface area (Å²) in [6.07, 6.45) is 10.3. The molecular weight excluding hydrogens is 390 g/mol. The Hall–Kier alpha value is -3.52. The first-order valence-electron chi connectivity index (χ1n) is 10.5. The smallest absolute Gasteiger partial charge is 0.141 e. The zero-order valence-corrected chi connectivity index (χ0v) is 17.3. The van der Waals surface area contributed by atoms with Crippen LogP contribution in [0.15, 0.2) is 55.4 Å². The molecule has 2 unspecified atom stereocenters. The van der Waals surface area contributed by atoms with Gasteiger partial charge in [0, 0.05) is 61.3 Å². The Morgan fingerprint density at radius 1 is 1.06 bits per heavy atom. The third-order valence-corrected chi connectivity index (χ3v) is 6.41. The fourth-order valence-corrected chi connectivity index (χ4v) is 4.82. The molecule has 0 aliphatic carbocycles. The van der Waals surface area contributed by atoms with E-state index in [1.165, 1.54) is 12.0 Å². The average molecular weight is 413 g/mol. The van der Waals surface area contributed by atoms with Crippen LogP contribution >= 0.6 is 0 Å². The Balaban J connectivity index is 1.16. The van der Waals surface area contributed by atoms with Crippen molar-refractivity contribution in [1.82, 2.24) is 29.8 Å². The van der Waals surface area contributed by atoms with E-state index in [-0.39, 0.29) is 0 Å². The fraction of sp³-hybridized carbons (Fsp3) is 0.304. The molecule has 3 fully saturated rings. The number of fused-ring (bicyclic) bond motifs is 3. The van der Waals surface area contributed by atoms with Gasteiger partial charge in [0.05, 0.1) is 19.0 Å². The van der Waals surface area contributed by atoms with E-state index in [1.807, 2.05) is 24.7 Å². The number of aromatic amines is 1. The largest absolute Gasteiger partial charge is 0.495 e. The number of hydrogen-bond acceptors (Lipinski definition) is 7. The summed E-state index contributed by atoms with van der Waals surface area (Å²) in [5.41, 5.74) is 3.96. The Labute approximate surface area is 179 Å². The molecule has 8 heteroatoms. The molecule has 31 heavy (non-hydrogen) atoms. The number of pyridine rings is 2. The van der Waals surface area contributed by atoms with Crippen molar-refractivity contribution in [3.63, 3.8) is 0 Å². The van der Waals surface area contributed by atoms with Gasteiger partial charge in [0.2, 0.25) is 0 Å². The second kappa shape index (κ2) is 7.31. The van der Waals surface area contributed by atoms with E-state index < -0.39 is 0 Å². The number of piperazine rings is 1. The van der Waals surface area contributed by atoms with Crippen molar-refractivity contribution in [2.75, 3.05) is 25.1 Å². The van der Waals surface area contributed by atoms with Crippen LogP contribution in [0.4, 0.5) is 5.82 Å². The van der Waals surface area contributed by atoms with Crippen LogP contribution in [-0.2, 0) is 6.54 Å². The van der Waals surface area contributed by atoms with Crippen LogP contribution < -0.4 is 9.64 Å². The number of nitrogens with zero attached hydrogens (tertiary/aromatic N) is 6. The van der Waals surface area contributed by atoms with Crippen LogP contribution in [0, 0.1) is 0 Å². The molecule has 4 aromatic heterocycles. The number of anilines is 1. The van der Waals surface area contributed by atoms with E-state index in [4.69, 9.17) is 9.72 Å². The quantitative estimate of drug-likeness (QED) is 0.539. The van der Waals surface area contributed by atoms with Gasteiger partial charge in [-0.15, -0.1) is 0 Å². The van der Waals surface area contributed by atoms with E-state index in [0.29, 0.717) is 12.1 Å². The van der Waals surface area contributed by atoms with Gasteiger partial charge in [-0.3, -0.25) is 9.88 Å². The van der Waals surface area contributed by atoms with Crippen molar-refractivity contribution in [2.24, 2.45) is 0 Å². The molecule has 156 valence electrons. The van der Waals surface area contributed by atoms with Crippen molar-refractivity contribution in [2.45, 2.75) is 25.0 Å². The summed E-state index contributed by atoms with van der Waals surface area (Å²) >= 11 is 0. The van der Waals surface area contributed by atoms with E-state index in [2.05, 4.69) is 47.9 Å². The van der Waals surface area contributed by atoms with Gasteiger partial charge in [-0.1, -0.05) is 0 Å². The Morgan fingerprint density at radius 3 is 2.77 bits per heavy atom. The normalized spacial score (nSPS) is 20.6. The standard InChI is InChI=1S/C23H23N7O/c1-31-19-6-15(8-24-10-19)11-30-17-7-18(30)13-29(12-17)21-3-2-16(9-26-21)22-20-4-5-25-23(20)28-14-27-22/h2-6,8-10,14,17-18H,7,11-13H2,1H3,(H,25,27,28). The molecule has 7 rings (SSSR count). The lowest BCUT2D eigenvalue weighted by Gasteiger charge is -2.56. The molecule has 1 N–H and O–H groups in total. The summed E-state index contributed by atoms with van der Waals surface area (Å²) < 4.78 is 5.31. The molecule has 0 spiro atoms. The molecule has 0 amide bonds. The third kappa shape index (κ3) is 3.19. The molecule has 3 aliphatic heterocycles. The van der Waals surface area contributed by atoms with Crippen molar-refractivity contribution >= 4 is 16.9 Å². The van der Waals surface area contributed by atoms with E-state index in [1.54, 1.807) is 19.6 Å². The number of H-pyrrole nitrogens is 1. The van der Waals surface area contributed by atoms with Crippen LogP contribution in [0.2, 0.25) is 0 Å². The minimum absolute atomic E-state index is 0.549. The first-order valence-corrected chi connectivity index (χ1v) is 10.5. The summed E-state index contributed by atoms with van der Waals surface area (Å²) in [7, 11) is 1.68. The summed E-state index contributed by atoms with van der Waals surface area (Å²) in [6.45, 7) is 2.91. The Bertz CT molecular complexity index is 1210. The summed E-state index contributed by atoms with van der Waals surface area (Å²) in [4.78, 5) is 25.9. The highest BCUT2D eigenvalue weighted by Gasteiger charge is 2.44. The summed E-state index contributed by atoms with van der Waals surface area (Å²) in [5, 5.41) is 1.01. The molecule has 0 radical (unpaired) electrons. The van der Waals surface area contributed by atoms with Gasteiger partial charge in [0.25, 0.3) is 0 Å². The first-order chi connectivity index (χ1) is 15.3. The Morgan fingerprint density at radius 2 is 1.97 bits per heavy atom. The topological polar surface area (TPSA) is 83.1 Å². The van der Waals surface area contributed by atoms with Crippen LogP contribution in [-0.4, -0.2) is 62.1 Å². The van der Waals surface area contributed by atoms with Gasteiger partial charge in [0.1, 0.15) is 23.5 Å². The zero-order chi connectivity index (χ0) is 20.8. The highest BCUT2D eigenvalue weighted by Crippen LogP contribution is 2.36. The van der Waals surface area contributed by atoms with E-state index in [9.17, 15) is 0 Å². The van der Waals surface area contributed by atoms with Crippen molar-refractivity contribution < 1.29 is 4.74 Å². The maximum atomic E-state index is 5.31. The van der Waals surface area contributed by atoms with Crippen molar-refractivity contribution in [3.8, 4) is 17.0 Å². The van der Waals surface area contributed by atoms with E-state index >= 15 is 0 Å². The number of ether oxygens (including phenoxy) is 1. The second-order valence-electron chi connectivity index (χ2n) is 8.22. The van der Waals surface area contributed by atoms with Crippen molar-refractivity contribution in [1.29, 1.82) is 0 Å². The molecule has 3 saturated heterocycles. The lowest BCUT2D eigenvalue weighted by molar-refractivity contribution is -0.00879. The minimum atomic E-state index is 0.549. The van der Waals surface area contributed by atoms with Crippen LogP contribution in [0.3, 0.4) is 0 Å². The summed E-state index contributed by atoms with van der Waals surface area (Å²) in [5.74, 6) is 1.84. The molecule has 2 atom stereocenters. The number of aromatic nitrogens is 5. The van der Waals surface area contributed by atoms with Crippen LogP contribution in [0.5, 0.6) is 5.75 Å². The number of nitrogens with one attached hydrogen (secondary N) is 1. The number of methoxy groups -OCH3 is 1. The lowest BCUT2D eigenvalue weighted by Crippen LogP contribution is -2.68. The molecule has 0 saturated carbocycles. The van der Waals surface area contributed by atoms with E-state index in [0.717, 1.165) is 53.5 Å². The molecule has 0 aromatic carbocycles. The predicted molar refractivity (Wildman–Crippen MR) is 118 cm³/mol. The number of piperidine rings is 1. The fourth-order valence-electron chi connectivity index (χ4n) is 4.82. The van der Waals surface area contributed by atoms with Gasteiger partial charge in [-0.2, -0.15) is 0 Å². The van der Waals surface area contributed by atoms with Gasteiger partial charge in [-0.05, 0) is 36.2 Å². The summed E-state index contributed by atoms with van der Waals surface area (Å²) in [6, 6.07) is 9.39. The molecule has 3 aliphatic rings. The van der Waals surface area contributed by atoms with Gasteiger partial charge in [-0.25, -0.2) is 15.0 Å². The minimum Gasteiger partial charge on any atom is -0.495 e. The third-order valence-electron chi connectivity index (χ3n) is 6.41. The molecule has 4 aromatic rings. The van der Waals surface area contributed by atoms with Gasteiger partial charge >= 0.3 is 0 Å². The maximum absolute atomic E-state index is 5.31. The number of hydrogen-bond donors (Lipinski definition) is 1. The highest BCUT2D eigenvalue weighted by atomic mass is 16.5. The molecule has 7 heterocycles. The molecule has 2 bridgehead atoms.